The standard InChI is InChI=1S/C10H19NO2/c1-8-3-4-9(7-8)11-10(12)5-6-13-2/h8-9H,3-7H2,1-2H3,(H,11,12). The highest BCUT2D eigenvalue weighted by Crippen LogP contribution is 2.24. The molecule has 76 valence electrons. The van der Waals surface area contributed by atoms with Gasteiger partial charge >= 0.3 is 0 Å². The van der Waals surface area contributed by atoms with Crippen molar-refractivity contribution in [1.82, 2.24) is 5.32 Å². The molecular weight excluding hydrogens is 166 g/mol. The quantitative estimate of drug-likeness (QED) is 0.717. The molecule has 1 aliphatic carbocycles. The van der Waals surface area contributed by atoms with Crippen LogP contribution in [0, 0.1) is 5.92 Å². The van der Waals surface area contributed by atoms with E-state index < -0.39 is 0 Å². The molecule has 0 radical (unpaired) electrons. The molecule has 0 bridgehead atoms. The predicted molar refractivity (Wildman–Crippen MR) is 51.4 cm³/mol. The van der Waals surface area contributed by atoms with Crippen LogP contribution in [0.5, 0.6) is 0 Å². The smallest absolute Gasteiger partial charge is 0.222 e. The van der Waals surface area contributed by atoms with Gasteiger partial charge in [0, 0.05) is 19.6 Å². The molecule has 0 aromatic heterocycles. The van der Waals surface area contributed by atoms with E-state index in [0.29, 0.717) is 19.1 Å². The minimum absolute atomic E-state index is 0.126. The van der Waals surface area contributed by atoms with Crippen LogP contribution in [0.4, 0.5) is 0 Å². The molecule has 1 rings (SSSR count). The lowest BCUT2D eigenvalue weighted by Gasteiger charge is -2.11. The Kier molecular flexibility index (Phi) is 4.22. The zero-order chi connectivity index (χ0) is 9.68. The molecule has 0 saturated heterocycles. The lowest BCUT2D eigenvalue weighted by Crippen LogP contribution is -2.33. The third kappa shape index (κ3) is 3.77. The van der Waals surface area contributed by atoms with Crippen molar-refractivity contribution in [3.63, 3.8) is 0 Å². The summed E-state index contributed by atoms with van der Waals surface area (Å²) in [6.07, 6.45) is 4.01. The van der Waals surface area contributed by atoms with Crippen LogP contribution in [-0.2, 0) is 9.53 Å². The Morgan fingerprint density at radius 2 is 2.31 bits per heavy atom. The molecule has 2 unspecified atom stereocenters. The van der Waals surface area contributed by atoms with Gasteiger partial charge in [0.1, 0.15) is 0 Å². The molecule has 2 atom stereocenters. The Labute approximate surface area is 79.8 Å². The van der Waals surface area contributed by atoms with Crippen molar-refractivity contribution < 1.29 is 9.53 Å². The van der Waals surface area contributed by atoms with E-state index in [4.69, 9.17) is 4.74 Å². The zero-order valence-electron chi connectivity index (χ0n) is 8.51. The van der Waals surface area contributed by atoms with Crippen molar-refractivity contribution in [1.29, 1.82) is 0 Å². The van der Waals surface area contributed by atoms with Crippen molar-refractivity contribution in [3.05, 3.63) is 0 Å². The predicted octanol–water partition coefficient (Wildman–Crippen LogP) is 1.33. The lowest BCUT2D eigenvalue weighted by atomic mass is 10.1. The van der Waals surface area contributed by atoms with Crippen molar-refractivity contribution in [3.8, 4) is 0 Å². The second-order valence-electron chi connectivity index (χ2n) is 3.93. The van der Waals surface area contributed by atoms with Crippen molar-refractivity contribution in [2.24, 2.45) is 5.92 Å². The maximum Gasteiger partial charge on any atom is 0.222 e. The monoisotopic (exact) mass is 185 g/mol. The number of carbonyl (C=O) groups excluding carboxylic acids is 1. The number of carbonyl (C=O) groups is 1. The number of hydrogen-bond acceptors (Lipinski definition) is 2. The van der Waals surface area contributed by atoms with Gasteiger partial charge in [-0.15, -0.1) is 0 Å². The number of methoxy groups -OCH3 is 1. The minimum atomic E-state index is 0.126. The third-order valence-corrected chi connectivity index (χ3v) is 2.59. The van der Waals surface area contributed by atoms with Crippen molar-refractivity contribution >= 4 is 5.91 Å². The van der Waals surface area contributed by atoms with Crippen LogP contribution in [0.3, 0.4) is 0 Å². The first-order valence-electron chi connectivity index (χ1n) is 5.00. The SMILES string of the molecule is COCCC(=O)NC1CCC(C)C1. The molecule has 0 aromatic carbocycles. The summed E-state index contributed by atoms with van der Waals surface area (Å²) in [7, 11) is 1.62. The Hall–Kier alpha value is -0.570. The summed E-state index contributed by atoms with van der Waals surface area (Å²) in [5, 5.41) is 3.03. The van der Waals surface area contributed by atoms with Crippen LogP contribution in [0.15, 0.2) is 0 Å². The highest BCUT2D eigenvalue weighted by atomic mass is 16.5. The molecule has 0 spiro atoms. The largest absolute Gasteiger partial charge is 0.384 e. The van der Waals surface area contributed by atoms with Gasteiger partial charge in [-0.25, -0.2) is 0 Å². The second-order valence-corrected chi connectivity index (χ2v) is 3.93. The Balaban J connectivity index is 2.13. The fourth-order valence-electron chi connectivity index (χ4n) is 1.83. The average Bonchev–Trinajstić information content (AvgIpc) is 2.48. The van der Waals surface area contributed by atoms with Gasteiger partial charge in [-0.3, -0.25) is 4.79 Å². The summed E-state index contributed by atoms with van der Waals surface area (Å²) < 4.78 is 4.84. The molecule has 1 amide bonds. The highest BCUT2D eigenvalue weighted by Gasteiger charge is 2.22. The molecule has 1 saturated carbocycles. The summed E-state index contributed by atoms with van der Waals surface area (Å²) in [6.45, 7) is 2.76. The van der Waals surface area contributed by atoms with Gasteiger partial charge in [0.05, 0.1) is 6.61 Å². The number of nitrogens with one attached hydrogen (secondary N) is 1. The Morgan fingerprint density at radius 1 is 1.54 bits per heavy atom. The lowest BCUT2D eigenvalue weighted by molar-refractivity contribution is -0.122. The van der Waals surface area contributed by atoms with Gasteiger partial charge in [0.25, 0.3) is 0 Å². The molecular formula is C10H19NO2. The highest BCUT2D eigenvalue weighted by molar-refractivity contribution is 5.76. The van der Waals surface area contributed by atoms with E-state index in [1.54, 1.807) is 7.11 Å². The molecule has 3 heteroatoms. The first-order valence-corrected chi connectivity index (χ1v) is 5.00. The first kappa shape index (κ1) is 10.5. The van der Waals surface area contributed by atoms with Crippen molar-refractivity contribution in [2.75, 3.05) is 13.7 Å². The molecule has 0 aromatic rings. The minimum Gasteiger partial charge on any atom is -0.384 e. The molecule has 1 N–H and O–H groups in total. The van der Waals surface area contributed by atoms with Crippen LogP contribution >= 0.6 is 0 Å². The zero-order valence-corrected chi connectivity index (χ0v) is 8.51. The maximum atomic E-state index is 11.3. The van der Waals surface area contributed by atoms with Gasteiger partial charge in [0.2, 0.25) is 5.91 Å². The van der Waals surface area contributed by atoms with Crippen LogP contribution in [0.1, 0.15) is 32.6 Å². The summed E-state index contributed by atoms with van der Waals surface area (Å²) in [4.78, 5) is 11.3. The van der Waals surface area contributed by atoms with Gasteiger partial charge in [0.15, 0.2) is 0 Å². The Morgan fingerprint density at radius 3 is 2.85 bits per heavy atom. The van der Waals surface area contributed by atoms with Crippen LogP contribution in [0.25, 0.3) is 0 Å². The number of rotatable bonds is 4. The normalized spacial score (nSPS) is 27.5. The molecule has 1 fully saturated rings. The van der Waals surface area contributed by atoms with Gasteiger partial charge < -0.3 is 10.1 Å². The van der Waals surface area contributed by atoms with Gasteiger partial charge in [-0.05, 0) is 25.2 Å². The number of ether oxygens (including phenoxy) is 1. The van der Waals surface area contributed by atoms with Crippen LogP contribution in [0.2, 0.25) is 0 Å². The average molecular weight is 185 g/mol. The first-order chi connectivity index (χ1) is 6.22. The van der Waals surface area contributed by atoms with E-state index in [0.717, 1.165) is 18.8 Å². The molecule has 0 aliphatic heterocycles. The van der Waals surface area contributed by atoms with E-state index in [1.165, 1.54) is 6.42 Å². The van der Waals surface area contributed by atoms with E-state index in [2.05, 4.69) is 12.2 Å². The van der Waals surface area contributed by atoms with E-state index >= 15 is 0 Å². The summed E-state index contributed by atoms with van der Waals surface area (Å²) >= 11 is 0. The van der Waals surface area contributed by atoms with E-state index in [-0.39, 0.29) is 5.91 Å². The summed E-state index contributed by atoms with van der Waals surface area (Å²) in [6, 6.07) is 0.416. The maximum absolute atomic E-state index is 11.3. The van der Waals surface area contributed by atoms with Gasteiger partial charge in [-0.2, -0.15) is 0 Å². The topological polar surface area (TPSA) is 38.3 Å². The Bertz CT molecular complexity index is 170. The van der Waals surface area contributed by atoms with E-state index in [1.807, 2.05) is 0 Å². The van der Waals surface area contributed by atoms with Gasteiger partial charge in [-0.1, -0.05) is 6.92 Å². The second kappa shape index (κ2) is 5.22. The summed E-state index contributed by atoms with van der Waals surface area (Å²) in [5.41, 5.74) is 0. The fourth-order valence-corrected chi connectivity index (χ4v) is 1.83. The number of amides is 1. The van der Waals surface area contributed by atoms with E-state index in [9.17, 15) is 4.79 Å². The molecule has 3 nitrogen and oxygen atoms in total. The summed E-state index contributed by atoms with van der Waals surface area (Å²) in [5.74, 6) is 0.897. The molecule has 0 heterocycles. The van der Waals surface area contributed by atoms with Crippen LogP contribution in [-0.4, -0.2) is 25.7 Å². The fraction of sp³-hybridized carbons (Fsp3) is 0.900. The molecule has 13 heavy (non-hydrogen) atoms. The third-order valence-electron chi connectivity index (χ3n) is 2.59. The van der Waals surface area contributed by atoms with Crippen LogP contribution < -0.4 is 5.32 Å². The van der Waals surface area contributed by atoms with Crippen molar-refractivity contribution in [2.45, 2.75) is 38.6 Å². The molecule has 1 aliphatic rings. The number of hydrogen-bond donors (Lipinski definition) is 1.